The number of aliphatic hydroxyl groups is 1. The van der Waals surface area contributed by atoms with Gasteiger partial charge in [0.1, 0.15) is 5.75 Å². The van der Waals surface area contributed by atoms with E-state index in [1.54, 1.807) is 24.3 Å². The van der Waals surface area contributed by atoms with Gasteiger partial charge in [-0.3, -0.25) is 19.4 Å². The molecular weight excluding hydrogens is 420 g/mol. The van der Waals surface area contributed by atoms with Gasteiger partial charge in [0.2, 0.25) is 5.91 Å². The smallest absolute Gasteiger partial charge is 0.255 e. The Hall–Kier alpha value is -2.94. The summed E-state index contributed by atoms with van der Waals surface area (Å²) in [5, 5.41) is 16.2. The van der Waals surface area contributed by atoms with Crippen LogP contribution in [-0.2, 0) is 4.79 Å². The average Bonchev–Trinajstić information content (AvgIpc) is 2.81. The van der Waals surface area contributed by atoms with E-state index in [9.17, 15) is 14.7 Å². The number of benzene rings is 2. The van der Waals surface area contributed by atoms with Crippen LogP contribution in [0.25, 0.3) is 0 Å². The van der Waals surface area contributed by atoms with Gasteiger partial charge in [0.25, 0.3) is 5.91 Å². The fourth-order valence-electron chi connectivity index (χ4n) is 4.02. The Morgan fingerprint density at radius 3 is 2.30 bits per heavy atom. The van der Waals surface area contributed by atoms with E-state index < -0.39 is 6.10 Å². The van der Waals surface area contributed by atoms with Gasteiger partial charge in [-0.05, 0) is 37.1 Å². The maximum Gasteiger partial charge on any atom is 0.255 e. The largest absolute Gasteiger partial charge is 0.496 e. The quantitative estimate of drug-likeness (QED) is 0.534. The number of methoxy groups -OCH3 is 1. The molecule has 0 spiro atoms. The molecule has 2 aromatic rings. The summed E-state index contributed by atoms with van der Waals surface area (Å²) in [5.74, 6) is 0.216. The number of carbonyl (C=O) groups is 2. The molecule has 1 saturated heterocycles. The van der Waals surface area contributed by atoms with Crippen LogP contribution in [-0.4, -0.2) is 85.7 Å². The first kappa shape index (κ1) is 24.7. The summed E-state index contributed by atoms with van der Waals surface area (Å²) in [6, 6.07) is 13.0. The molecule has 8 heteroatoms. The van der Waals surface area contributed by atoms with Gasteiger partial charge in [-0.15, -0.1) is 0 Å². The molecule has 8 nitrogen and oxygen atoms in total. The molecule has 0 aromatic heterocycles. The SMILES string of the molecule is COc1ccccc1C(=O)NCC(O)CN1CCN(CC(=O)Nc2c(C)cccc2C)CC1. The third-order valence-corrected chi connectivity index (χ3v) is 5.90. The van der Waals surface area contributed by atoms with E-state index in [1.807, 2.05) is 32.0 Å². The number of rotatable bonds is 9. The number of para-hydroxylation sites is 2. The number of anilines is 1. The fraction of sp³-hybridized carbons (Fsp3) is 0.440. The van der Waals surface area contributed by atoms with Crippen LogP contribution in [0, 0.1) is 13.8 Å². The van der Waals surface area contributed by atoms with E-state index >= 15 is 0 Å². The van der Waals surface area contributed by atoms with Crippen molar-refractivity contribution in [1.29, 1.82) is 0 Å². The van der Waals surface area contributed by atoms with Gasteiger partial charge >= 0.3 is 0 Å². The monoisotopic (exact) mass is 454 g/mol. The number of amides is 2. The van der Waals surface area contributed by atoms with Gasteiger partial charge in [0, 0.05) is 45.0 Å². The number of ether oxygens (including phenoxy) is 1. The molecule has 0 aliphatic carbocycles. The van der Waals surface area contributed by atoms with Crippen LogP contribution in [0.2, 0.25) is 0 Å². The number of aliphatic hydroxyl groups excluding tert-OH is 1. The van der Waals surface area contributed by atoms with Crippen molar-refractivity contribution >= 4 is 17.5 Å². The highest BCUT2D eigenvalue weighted by atomic mass is 16.5. The van der Waals surface area contributed by atoms with Crippen LogP contribution in [0.3, 0.4) is 0 Å². The van der Waals surface area contributed by atoms with Gasteiger partial charge in [0.15, 0.2) is 0 Å². The first-order chi connectivity index (χ1) is 15.9. The molecule has 1 aliphatic heterocycles. The van der Waals surface area contributed by atoms with E-state index in [0.717, 1.165) is 43.0 Å². The van der Waals surface area contributed by atoms with E-state index in [4.69, 9.17) is 4.74 Å². The zero-order valence-electron chi connectivity index (χ0n) is 19.6. The maximum absolute atomic E-state index is 12.5. The zero-order chi connectivity index (χ0) is 23.8. The molecule has 1 heterocycles. The normalized spacial score (nSPS) is 15.6. The Kier molecular flexibility index (Phi) is 8.82. The molecule has 33 heavy (non-hydrogen) atoms. The highest BCUT2D eigenvalue weighted by Crippen LogP contribution is 2.19. The molecular formula is C25H34N4O4. The topological polar surface area (TPSA) is 94.1 Å². The highest BCUT2D eigenvalue weighted by Gasteiger charge is 2.22. The second-order valence-electron chi connectivity index (χ2n) is 8.46. The number of nitrogens with zero attached hydrogens (tertiary/aromatic N) is 2. The van der Waals surface area contributed by atoms with Crippen LogP contribution in [0.5, 0.6) is 5.75 Å². The van der Waals surface area contributed by atoms with Crippen LogP contribution in [0.1, 0.15) is 21.5 Å². The number of hydrogen-bond donors (Lipinski definition) is 3. The number of hydrogen-bond acceptors (Lipinski definition) is 6. The summed E-state index contributed by atoms with van der Waals surface area (Å²) < 4.78 is 5.21. The minimum atomic E-state index is -0.678. The van der Waals surface area contributed by atoms with Crippen molar-refractivity contribution in [3.8, 4) is 5.75 Å². The van der Waals surface area contributed by atoms with Crippen LogP contribution < -0.4 is 15.4 Å². The lowest BCUT2D eigenvalue weighted by molar-refractivity contribution is -0.117. The predicted octanol–water partition coefficient (Wildman–Crippen LogP) is 1.66. The minimum absolute atomic E-state index is 0.0139. The number of β-amino-alcohol motifs (C(OH)–C–C–N with tert-alkyl or cyclic N) is 1. The van der Waals surface area contributed by atoms with Crippen molar-refractivity contribution in [3.05, 3.63) is 59.2 Å². The number of piperazine rings is 1. The van der Waals surface area contributed by atoms with Crippen molar-refractivity contribution in [2.75, 3.05) is 58.2 Å². The molecule has 0 radical (unpaired) electrons. The molecule has 1 unspecified atom stereocenters. The van der Waals surface area contributed by atoms with Gasteiger partial charge in [-0.2, -0.15) is 0 Å². The van der Waals surface area contributed by atoms with E-state index in [0.29, 0.717) is 24.4 Å². The molecule has 1 aliphatic rings. The molecule has 2 aromatic carbocycles. The van der Waals surface area contributed by atoms with Crippen LogP contribution in [0.15, 0.2) is 42.5 Å². The Bertz CT molecular complexity index is 937. The molecule has 0 bridgehead atoms. The first-order valence-corrected chi connectivity index (χ1v) is 11.3. The lowest BCUT2D eigenvalue weighted by Gasteiger charge is -2.35. The number of aryl methyl sites for hydroxylation is 2. The molecule has 3 rings (SSSR count). The molecule has 1 atom stereocenters. The number of nitrogens with one attached hydrogen (secondary N) is 2. The standard InChI is InChI=1S/C25H34N4O4/c1-18-7-6-8-19(2)24(18)27-23(31)17-29-13-11-28(12-14-29)16-20(30)15-26-25(32)21-9-4-5-10-22(21)33-3/h4-10,20,30H,11-17H2,1-3H3,(H,26,32)(H,27,31). The first-order valence-electron chi connectivity index (χ1n) is 11.3. The number of carbonyl (C=O) groups excluding carboxylic acids is 2. The Balaban J connectivity index is 1.38. The van der Waals surface area contributed by atoms with Gasteiger partial charge in [-0.25, -0.2) is 0 Å². The highest BCUT2D eigenvalue weighted by molar-refractivity contribution is 5.97. The predicted molar refractivity (Wildman–Crippen MR) is 129 cm³/mol. The van der Waals surface area contributed by atoms with Crippen molar-refractivity contribution in [1.82, 2.24) is 15.1 Å². The molecule has 2 amide bonds. The van der Waals surface area contributed by atoms with E-state index in [1.165, 1.54) is 7.11 Å². The third-order valence-electron chi connectivity index (χ3n) is 5.90. The fourth-order valence-corrected chi connectivity index (χ4v) is 4.02. The Morgan fingerprint density at radius 2 is 1.64 bits per heavy atom. The molecule has 0 saturated carbocycles. The minimum Gasteiger partial charge on any atom is -0.496 e. The molecule has 1 fully saturated rings. The lowest BCUT2D eigenvalue weighted by atomic mass is 10.1. The summed E-state index contributed by atoms with van der Waals surface area (Å²) in [7, 11) is 1.52. The maximum atomic E-state index is 12.5. The summed E-state index contributed by atoms with van der Waals surface area (Å²) in [6.45, 7) is 7.98. The van der Waals surface area contributed by atoms with Gasteiger partial charge < -0.3 is 20.5 Å². The van der Waals surface area contributed by atoms with Gasteiger partial charge in [0.05, 0.1) is 25.3 Å². The summed E-state index contributed by atoms with van der Waals surface area (Å²) in [5.41, 5.74) is 3.44. The second kappa shape index (κ2) is 11.8. The van der Waals surface area contributed by atoms with Crippen molar-refractivity contribution in [3.63, 3.8) is 0 Å². The molecule has 178 valence electrons. The van der Waals surface area contributed by atoms with Crippen molar-refractivity contribution in [2.24, 2.45) is 0 Å². The molecule has 3 N–H and O–H groups in total. The van der Waals surface area contributed by atoms with E-state index in [-0.39, 0.29) is 18.4 Å². The Morgan fingerprint density at radius 1 is 1.00 bits per heavy atom. The summed E-state index contributed by atoms with van der Waals surface area (Å²) >= 11 is 0. The van der Waals surface area contributed by atoms with E-state index in [2.05, 4.69) is 20.4 Å². The van der Waals surface area contributed by atoms with Crippen LogP contribution in [0.4, 0.5) is 5.69 Å². The average molecular weight is 455 g/mol. The van der Waals surface area contributed by atoms with Gasteiger partial charge in [-0.1, -0.05) is 30.3 Å². The zero-order valence-corrected chi connectivity index (χ0v) is 19.6. The van der Waals surface area contributed by atoms with Crippen molar-refractivity contribution < 1.29 is 19.4 Å². The Labute approximate surface area is 195 Å². The third kappa shape index (κ3) is 7.02. The summed E-state index contributed by atoms with van der Waals surface area (Å²) in [6.07, 6.45) is -0.678. The van der Waals surface area contributed by atoms with Crippen LogP contribution >= 0.6 is 0 Å². The van der Waals surface area contributed by atoms with Crippen molar-refractivity contribution in [2.45, 2.75) is 20.0 Å². The second-order valence-corrected chi connectivity index (χ2v) is 8.46. The lowest BCUT2D eigenvalue weighted by Crippen LogP contribution is -2.51. The summed E-state index contributed by atoms with van der Waals surface area (Å²) in [4.78, 5) is 29.2.